The van der Waals surface area contributed by atoms with Gasteiger partial charge in [0, 0.05) is 25.7 Å². The van der Waals surface area contributed by atoms with Crippen LogP contribution < -0.4 is 0 Å². The first-order chi connectivity index (χ1) is 43.2. The van der Waals surface area contributed by atoms with Crippen molar-refractivity contribution in [3.63, 3.8) is 0 Å². The zero-order chi connectivity index (χ0) is 65.4. The lowest BCUT2D eigenvalue weighted by atomic mass is 10.0. The summed E-state index contributed by atoms with van der Waals surface area (Å²) in [5, 5.41) is 10.6. The molecule has 89 heavy (non-hydrogen) atoms. The highest BCUT2D eigenvalue weighted by Gasteiger charge is 2.30. The van der Waals surface area contributed by atoms with Gasteiger partial charge in [-0.25, -0.2) is 9.13 Å². The summed E-state index contributed by atoms with van der Waals surface area (Å²) in [6.45, 7) is 4.92. The molecule has 0 aromatic rings. The van der Waals surface area contributed by atoms with Gasteiger partial charge in [0.15, 0.2) is 12.2 Å². The fourth-order valence-corrected chi connectivity index (χ4v) is 12.3. The summed E-state index contributed by atoms with van der Waals surface area (Å²) in [7, 11) is -9.89. The quantitative estimate of drug-likeness (QED) is 0.0222. The molecule has 0 rings (SSSR count). The van der Waals surface area contributed by atoms with E-state index in [0.717, 1.165) is 103 Å². The number of aliphatic hydroxyl groups is 1. The lowest BCUT2D eigenvalue weighted by Crippen LogP contribution is -2.30. The summed E-state index contributed by atoms with van der Waals surface area (Å²) >= 11 is 0. The fraction of sp³-hybridized carbons (Fsp3) is 0.943. The van der Waals surface area contributed by atoms with Gasteiger partial charge in [0.05, 0.1) is 26.4 Å². The average molecular weight is 1310 g/mol. The molecule has 0 heterocycles. The zero-order valence-corrected chi connectivity index (χ0v) is 59.2. The van der Waals surface area contributed by atoms with Gasteiger partial charge in [-0.2, -0.15) is 0 Å². The first-order valence-electron chi connectivity index (χ1n) is 36.8. The standard InChI is InChI=1S/C70H136O17P2/c1-5-9-13-17-21-24-27-30-33-36-39-43-47-51-55-68(73)81-61-66(87-70(75)57-53-49-45-41-38-35-32-29-26-23-19-15-11-7-3)63-85-89(78,79)83-59-64(71)58-82-88(76,77)84-62-65(60-80-67(72)54-50-46-42-20-16-12-8-4)86-69(74)56-52-48-44-40-37-34-31-28-25-22-18-14-10-6-2/h64-66,71H,5-63H2,1-4H3,(H,76,77)(H,78,79)/t64-,65+,66+/m0/s1. The van der Waals surface area contributed by atoms with Crippen LogP contribution in [0.1, 0.15) is 368 Å². The Morgan fingerprint density at radius 2 is 0.449 bits per heavy atom. The molecule has 0 aliphatic carbocycles. The molecule has 3 N–H and O–H groups in total. The molecule has 528 valence electrons. The molecule has 0 bridgehead atoms. The molecule has 0 saturated carbocycles. The van der Waals surface area contributed by atoms with E-state index in [1.54, 1.807) is 0 Å². The van der Waals surface area contributed by atoms with Crippen molar-refractivity contribution in [2.45, 2.75) is 386 Å². The molecule has 2 unspecified atom stereocenters. The van der Waals surface area contributed by atoms with E-state index in [2.05, 4.69) is 27.7 Å². The number of aliphatic hydroxyl groups excluding tert-OH is 1. The minimum Gasteiger partial charge on any atom is -0.462 e. The van der Waals surface area contributed by atoms with Crippen LogP contribution in [0.5, 0.6) is 0 Å². The summed E-state index contributed by atoms with van der Waals surface area (Å²) in [5.74, 6) is -2.12. The highest BCUT2D eigenvalue weighted by Crippen LogP contribution is 2.45. The van der Waals surface area contributed by atoms with Gasteiger partial charge < -0.3 is 33.8 Å². The number of hydrogen-bond donors (Lipinski definition) is 3. The second kappa shape index (κ2) is 64.8. The lowest BCUT2D eigenvalue weighted by Gasteiger charge is -2.21. The van der Waals surface area contributed by atoms with Crippen LogP contribution in [0.2, 0.25) is 0 Å². The summed E-state index contributed by atoms with van der Waals surface area (Å²) in [6.07, 6.45) is 52.7. The van der Waals surface area contributed by atoms with Crippen LogP contribution in [-0.4, -0.2) is 96.7 Å². The largest absolute Gasteiger partial charge is 0.472 e. The Morgan fingerprint density at radius 1 is 0.270 bits per heavy atom. The molecule has 0 aliphatic rings. The number of carbonyl (C=O) groups excluding carboxylic acids is 4. The molecule has 0 radical (unpaired) electrons. The van der Waals surface area contributed by atoms with Crippen LogP contribution in [0.25, 0.3) is 0 Å². The van der Waals surface area contributed by atoms with Gasteiger partial charge >= 0.3 is 39.5 Å². The first kappa shape index (κ1) is 87.1. The van der Waals surface area contributed by atoms with E-state index in [9.17, 15) is 43.2 Å². The molecule has 5 atom stereocenters. The van der Waals surface area contributed by atoms with E-state index in [1.165, 1.54) is 186 Å². The molecule has 0 aliphatic heterocycles. The van der Waals surface area contributed by atoms with Crippen molar-refractivity contribution in [3.05, 3.63) is 0 Å². The van der Waals surface area contributed by atoms with Crippen molar-refractivity contribution >= 4 is 39.5 Å². The number of unbranched alkanes of at least 4 members (excludes halogenated alkanes) is 45. The fourth-order valence-electron chi connectivity index (χ4n) is 10.7. The first-order valence-corrected chi connectivity index (χ1v) is 39.8. The van der Waals surface area contributed by atoms with Gasteiger partial charge in [-0.05, 0) is 25.7 Å². The third kappa shape index (κ3) is 64.6. The number of rotatable bonds is 71. The summed E-state index contributed by atoms with van der Waals surface area (Å²) in [5.41, 5.74) is 0. The van der Waals surface area contributed by atoms with Crippen LogP contribution in [0.15, 0.2) is 0 Å². The van der Waals surface area contributed by atoms with Crippen molar-refractivity contribution in [2.24, 2.45) is 0 Å². The monoisotopic (exact) mass is 1310 g/mol. The van der Waals surface area contributed by atoms with Crippen molar-refractivity contribution in [2.75, 3.05) is 39.6 Å². The normalized spacial score (nSPS) is 14.0. The van der Waals surface area contributed by atoms with E-state index >= 15 is 0 Å². The maximum absolute atomic E-state index is 13.0. The Bertz CT molecular complexity index is 1710. The van der Waals surface area contributed by atoms with Crippen LogP contribution in [0, 0.1) is 0 Å². The number of phosphoric ester groups is 2. The van der Waals surface area contributed by atoms with Crippen molar-refractivity contribution in [3.8, 4) is 0 Å². The van der Waals surface area contributed by atoms with E-state index in [4.69, 9.17) is 37.0 Å². The minimum absolute atomic E-state index is 0.108. The molecule has 0 saturated heterocycles. The van der Waals surface area contributed by atoms with Crippen molar-refractivity contribution in [1.29, 1.82) is 0 Å². The van der Waals surface area contributed by atoms with Gasteiger partial charge in [0.1, 0.15) is 19.3 Å². The van der Waals surface area contributed by atoms with Crippen LogP contribution >= 0.6 is 15.6 Å². The molecular formula is C70H136O17P2. The van der Waals surface area contributed by atoms with Gasteiger partial charge in [-0.1, -0.05) is 317 Å². The number of carbonyl (C=O) groups is 4. The Kier molecular flexibility index (Phi) is 63.3. The summed E-state index contributed by atoms with van der Waals surface area (Å²) in [6, 6.07) is 0. The zero-order valence-electron chi connectivity index (χ0n) is 57.4. The number of esters is 4. The maximum atomic E-state index is 13.0. The third-order valence-electron chi connectivity index (χ3n) is 16.4. The van der Waals surface area contributed by atoms with Gasteiger partial charge in [-0.15, -0.1) is 0 Å². The predicted molar refractivity (Wildman–Crippen MR) is 359 cm³/mol. The average Bonchev–Trinajstić information content (AvgIpc) is 3.71. The molecule has 0 fully saturated rings. The van der Waals surface area contributed by atoms with E-state index < -0.39 is 97.5 Å². The van der Waals surface area contributed by atoms with Crippen LogP contribution in [0.4, 0.5) is 0 Å². The SMILES string of the molecule is CCCCCCCCCCCCCCCCC(=O)OC[C@H](COP(=O)(O)OC[C@@H](O)COP(=O)(O)OC[C@@H](COC(=O)CCCCCCCCC)OC(=O)CCCCCCCCCCCCCCCC)OC(=O)CCCCCCCCCCCCCCCC. The van der Waals surface area contributed by atoms with Gasteiger partial charge in [0.25, 0.3) is 0 Å². The van der Waals surface area contributed by atoms with Crippen molar-refractivity contribution in [1.82, 2.24) is 0 Å². The maximum Gasteiger partial charge on any atom is 0.472 e. The van der Waals surface area contributed by atoms with Gasteiger partial charge in [-0.3, -0.25) is 37.3 Å². The van der Waals surface area contributed by atoms with Crippen LogP contribution in [0.3, 0.4) is 0 Å². The molecule has 0 aromatic heterocycles. The predicted octanol–water partition coefficient (Wildman–Crippen LogP) is 20.3. The second-order valence-corrected chi connectivity index (χ2v) is 28.2. The molecular weight excluding hydrogens is 1170 g/mol. The second-order valence-electron chi connectivity index (χ2n) is 25.3. The molecule has 0 amide bonds. The number of phosphoric acid groups is 2. The molecule has 0 aromatic carbocycles. The highest BCUT2D eigenvalue weighted by molar-refractivity contribution is 7.47. The molecule has 19 heteroatoms. The van der Waals surface area contributed by atoms with Crippen molar-refractivity contribution < 1.29 is 80.2 Å². The Morgan fingerprint density at radius 3 is 0.663 bits per heavy atom. The Labute approximate surface area is 543 Å². The Hall–Kier alpha value is -1.94. The molecule has 0 spiro atoms. The number of ether oxygens (including phenoxy) is 4. The van der Waals surface area contributed by atoms with E-state index in [-0.39, 0.29) is 25.7 Å². The van der Waals surface area contributed by atoms with Gasteiger partial charge in [0.2, 0.25) is 0 Å². The van der Waals surface area contributed by atoms with E-state index in [1.807, 2.05) is 0 Å². The smallest absolute Gasteiger partial charge is 0.462 e. The summed E-state index contributed by atoms with van der Waals surface area (Å²) in [4.78, 5) is 72.4. The molecule has 17 nitrogen and oxygen atoms in total. The highest BCUT2D eigenvalue weighted by atomic mass is 31.2. The van der Waals surface area contributed by atoms with Crippen LogP contribution in [-0.2, 0) is 65.4 Å². The van der Waals surface area contributed by atoms with E-state index in [0.29, 0.717) is 25.7 Å². The topological polar surface area (TPSA) is 237 Å². The lowest BCUT2D eigenvalue weighted by molar-refractivity contribution is -0.161. The summed E-state index contributed by atoms with van der Waals surface area (Å²) < 4.78 is 68.2. The minimum atomic E-state index is -4.95. The number of hydrogen-bond acceptors (Lipinski definition) is 15. The third-order valence-corrected chi connectivity index (χ3v) is 18.3. The Balaban J connectivity index is 5.20.